The van der Waals surface area contributed by atoms with Gasteiger partial charge >= 0.3 is 5.97 Å². The predicted molar refractivity (Wildman–Crippen MR) is 143 cm³/mol. The summed E-state index contributed by atoms with van der Waals surface area (Å²) in [5.74, 6) is -1.27. The van der Waals surface area contributed by atoms with Crippen molar-refractivity contribution in [3.8, 4) is 5.75 Å². The average molecular weight is 490 g/mol. The number of nitrogens with one attached hydrogen (secondary N) is 2. The lowest BCUT2D eigenvalue weighted by atomic mass is 9.93. The van der Waals surface area contributed by atoms with Crippen LogP contribution in [0.4, 0.5) is 5.69 Å². The van der Waals surface area contributed by atoms with Crippen LogP contribution in [0.2, 0.25) is 0 Å². The number of carbonyl (C=O) groups is 2. The first-order valence-electron chi connectivity index (χ1n) is 12.3. The van der Waals surface area contributed by atoms with Gasteiger partial charge in [0.05, 0.1) is 12.5 Å². The molecule has 1 aliphatic heterocycles. The second-order valence-corrected chi connectivity index (χ2v) is 8.94. The Morgan fingerprint density at radius 1 is 1.14 bits per heavy atom. The van der Waals surface area contributed by atoms with Crippen LogP contribution in [-0.4, -0.2) is 42.9 Å². The molecule has 1 aliphatic rings. The predicted octanol–water partition coefficient (Wildman–Crippen LogP) is 5.18. The summed E-state index contributed by atoms with van der Waals surface area (Å²) in [5, 5.41) is 20.4. The Balaban J connectivity index is 1.85. The summed E-state index contributed by atoms with van der Waals surface area (Å²) in [6, 6.07) is 12.5. The number of carboxylic acids is 1. The topological polar surface area (TPSA) is 103 Å². The third kappa shape index (κ3) is 7.07. The molecule has 36 heavy (non-hydrogen) atoms. The van der Waals surface area contributed by atoms with E-state index >= 15 is 0 Å². The molecule has 0 aliphatic carbocycles. The lowest BCUT2D eigenvalue weighted by Crippen LogP contribution is -2.35. The molecule has 2 aromatic carbocycles. The van der Waals surface area contributed by atoms with E-state index in [2.05, 4.69) is 29.4 Å². The largest absolute Gasteiger partial charge is 0.489 e. The first-order valence-corrected chi connectivity index (χ1v) is 12.3. The molecule has 0 saturated carbocycles. The summed E-state index contributed by atoms with van der Waals surface area (Å²) in [6.07, 6.45) is 8.71. The SMILES string of the molecule is C=CCOc1cc(CC(=O)N[C@@H](CC(C=C)C=N)c2ccccc2N2CCCCC2)ccc1C(=O)O. The Morgan fingerprint density at radius 2 is 1.89 bits per heavy atom. The quantitative estimate of drug-likeness (QED) is 0.266. The van der Waals surface area contributed by atoms with E-state index < -0.39 is 5.97 Å². The van der Waals surface area contributed by atoms with Crippen LogP contribution in [0.15, 0.2) is 67.8 Å². The molecule has 0 aromatic heterocycles. The van der Waals surface area contributed by atoms with Crippen molar-refractivity contribution in [1.82, 2.24) is 5.32 Å². The van der Waals surface area contributed by atoms with Crippen molar-refractivity contribution in [2.75, 3.05) is 24.6 Å². The van der Waals surface area contributed by atoms with Crippen molar-refractivity contribution in [1.29, 1.82) is 5.41 Å². The van der Waals surface area contributed by atoms with Gasteiger partial charge < -0.3 is 25.5 Å². The number of amides is 1. The van der Waals surface area contributed by atoms with Crippen LogP contribution in [0.3, 0.4) is 0 Å². The molecular formula is C29H35N3O4. The highest BCUT2D eigenvalue weighted by Crippen LogP contribution is 2.32. The number of carbonyl (C=O) groups excluding carboxylic acids is 1. The van der Waals surface area contributed by atoms with Gasteiger partial charge in [0.15, 0.2) is 0 Å². The van der Waals surface area contributed by atoms with E-state index in [0.717, 1.165) is 37.2 Å². The normalized spacial score (nSPS) is 14.8. The molecule has 190 valence electrons. The van der Waals surface area contributed by atoms with Gasteiger partial charge in [-0.15, -0.1) is 6.58 Å². The van der Waals surface area contributed by atoms with Gasteiger partial charge in [-0.25, -0.2) is 4.79 Å². The standard InChI is InChI=1S/C29H35N3O4/c1-3-16-36-27-18-22(12-13-24(27)29(34)35)19-28(33)31-25(17-21(4-2)20-30)23-10-6-7-11-26(23)32-14-8-5-9-15-32/h3-4,6-7,10-13,18,20-21,25,30H,1-2,5,8-9,14-17,19H2,(H,31,33)(H,34,35)/t21?,25-/m0/s1. The number of para-hydroxylation sites is 1. The van der Waals surface area contributed by atoms with Gasteiger partial charge in [-0.3, -0.25) is 4.79 Å². The zero-order valence-electron chi connectivity index (χ0n) is 20.6. The fourth-order valence-corrected chi connectivity index (χ4v) is 4.53. The summed E-state index contributed by atoms with van der Waals surface area (Å²) < 4.78 is 5.51. The number of benzene rings is 2. The van der Waals surface area contributed by atoms with Crippen LogP contribution in [0.25, 0.3) is 0 Å². The number of hydrogen-bond acceptors (Lipinski definition) is 5. The van der Waals surface area contributed by atoms with Crippen LogP contribution in [0.1, 0.15) is 53.2 Å². The van der Waals surface area contributed by atoms with Crippen molar-refractivity contribution < 1.29 is 19.4 Å². The van der Waals surface area contributed by atoms with Gasteiger partial charge in [-0.1, -0.05) is 43.0 Å². The third-order valence-corrected chi connectivity index (χ3v) is 6.37. The number of aromatic carboxylic acids is 1. The molecule has 1 unspecified atom stereocenters. The summed E-state index contributed by atoms with van der Waals surface area (Å²) in [4.78, 5) is 27.1. The third-order valence-electron chi connectivity index (χ3n) is 6.37. The Labute approximate surface area is 213 Å². The summed E-state index contributed by atoms with van der Waals surface area (Å²) in [7, 11) is 0. The molecule has 3 rings (SSSR count). The number of allylic oxidation sites excluding steroid dienone is 1. The highest BCUT2D eigenvalue weighted by Gasteiger charge is 2.24. The molecule has 7 nitrogen and oxygen atoms in total. The van der Waals surface area contributed by atoms with E-state index in [-0.39, 0.29) is 42.2 Å². The van der Waals surface area contributed by atoms with Crippen molar-refractivity contribution in [3.05, 3.63) is 84.5 Å². The van der Waals surface area contributed by atoms with Crippen molar-refractivity contribution in [2.45, 2.75) is 38.1 Å². The maximum Gasteiger partial charge on any atom is 0.339 e. The molecule has 1 saturated heterocycles. The maximum absolute atomic E-state index is 13.2. The summed E-state index contributed by atoms with van der Waals surface area (Å²) in [6.45, 7) is 9.58. The molecule has 2 atom stereocenters. The molecule has 3 N–H and O–H groups in total. The lowest BCUT2D eigenvalue weighted by Gasteiger charge is -2.33. The number of piperidine rings is 1. The Morgan fingerprint density at radius 3 is 2.56 bits per heavy atom. The summed E-state index contributed by atoms with van der Waals surface area (Å²) >= 11 is 0. The van der Waals surface area contributed by atoms with E-state index in [4.69, 9.17) is 10.1 Å². The van der Waals surface area contributed by atoms with Gasteiger partial charge in [0.25, 0.3) is 0 Å². The molecular weight excluding hydrogens is 454 g/mol. The zero-order valence-corrected chi connectivity index (χ0v) is 20.6. The molecule has 7 heteroatoms. The number of anilines is 1. The number of rotatable bonds is 13. The van der Waals surface area contributed by atoms with Crippen LogP contribution in [-0.2, 0) is 11.2 Å². The maximum atomic E-state index is 13.2. The Hall–Kier alpha value is -3.87. The molecule has 1 fully saturated rings. The number of ether oxygens (including phenoxy) is 1. The number of carboxylic acid groups (broad SMARTS) is 1. The molecule has 1 amide bonds. The lowest BCUT2D eigenvalue weighted by molar-refractivity contribution is -0.121. The van der Waals surface area contributed by atoms with E-state index in [1.807, 2.05) is 18.2 Å². The first kappa shape index (κ1) is 26.7. The van der Waals surface area contributed by atoms with Gasteiger partial charge in [0.2, 0.25) is 5.91 Å². The monoisotopic (exact) mass is 489 g/mol. The van der Waals surface area contributed by atoms with Gasteiger partial charge in [-0.05, 0) is 55.0 Å². The van der Waals surface area contributed by atoms with E-state index in [1.165, 1.54) is 24.8 Å². The van der Waals surface area contributed by atoms with Crippen LogP contribution in [0, 0.1) is 11.3 Å². The van der Waals surface area contributed by atoms with E-state index in [9.17, 15) is 14.7 Å². The summed E-state index contributed by atoms with van der Waals surface area (Å²) in [5.41, 5.74) is 2.82. The van der Waals surface area contributed by atoms with Crippen molar-refractivity contribution in [3.63, 3.8) is 0 Å². The van der Waals surface area contributed by atoms with E-state index in [0.29, 0.717) is 12.0 Å². The zero-order chi connectivity index (χ0) is 25.9. The minimum absolute atomic E-state index is 0.0363. The van der Waals surface area contributed by atoms with Crippen molar-refractivity contribution in [2.24, 2.45) is 5.92 Å². The average Bonchev–Trinajstić information content (AvgIpc) is 2.90. The molecule has 2 aromatic rings. The highest BCUT2D eigenvalue weighted by atomic mass is 16.5. The molecule has 1 heterocycles. The fraction of sp³-hybridized carbons (Fsp3) is 0.345. The highest BCUT2D eigenvalue weighted by molar-refractivity contribution is 5.91. The first-order chi connectivity index (χ1) is 17.5. The minimum Gasteiger partial charge on any atom is -0.489 e. The molecule has 0 bridgehead atoms. The molecule has 0 radical (unpaired) electrons. The van der Waals surface area contributed by atoms with Crippen LogP contribution < -0.4 is 15.0 Å². The Bertz CT molecular complexity index is 1080. The van der Waals surface area contributed by atoms with Crippen molar-refractivity contribution >= 4 is 23.8 Å². The smallest absolute Gasteiger partial charge is 0.339 e. The second kappa shape index (κ2) is 13.3. The number of nitrogens with zero attached hydrogens (tertiary/aromatic N) is 1. The van der Waals surface area contributed by atoms with Gasteiger partial charge in [-0.2, -0.15) is 0 Å². The van der Waals surface area contributed by atoms with Crippen LogP contribution >= 0.6 is 0 Å². The van der Waals surface area contributed by atoms with Gasteiger partial charge in [0, 0.05) is 30.9 Å². The Kier molecular flexibility index (Phi) is 9.86. The van der Waals surface area contributed by atoms with Crippen LogP contribution in [0.5, 0.6) is 5.75 Å². The van der Waals surface area contributed by atoms with Gasteiger partial charge in [0.1, 0.15) is 17.9 Å². The fourth-order valence-electron chi connectivity index (χ4n) is 4.53. The minimum atomic E-state index is -1.10. The second-order valence-electron chi connectivity index (χ2n) is 8.94. The molecule has 0 spiro atoms. The van der Waals surface area contributed by atoms with E-state index in [1.54, 1.807) is 18.2 Å². The number of hydrogen-bond donors (Lipinski definition) is 3.